The molecule has 4 nitrogen and oxygen atoms in total. The SMILES string of the molecule is Cc1ccc(N(c2ccc(C(C)C)cc2)c2ccc3cc4c(cc3c2)oc2cc3oc5cc6cc(N(c7ccc(C(C)C)cc7)c7ccc([Si](C)(C)C)cc7)ccc6cc5c3cc24)cc1. The summed E-state index contributed by atoms with van der Waals surface area (Å²) < 4.78 is 13.3. The number of nitrogens with zero attached hydrogens (tertiary/aromatic N) is 2. The van der Waals surface area contributed by atoms with Crippen LogP contribution in [0.1, 0.15) is 56.2 Å². The number of benzene rings is 9. The zero-order chi connectivity index (χ0) is 44.7. The predicted molar refractivity (Wildman–Crippen MR) is 281 cm³/mol. The highest BCUT2D eigenvalue weighted by molar-refractivity contribution is 6.88. The largest absolute Gasteiger partial charge is 0.456 e. The second-order valence-electron chi connectivity index (χ2n) is 19.6. The van der Waals surface area contributed by atoms with E-state index in [1.54, 1.807) is 0 Å². The maximum absolute atomic E-state index is 6.67. The van der Waals surface area contributed by atoms with E-state index in [0.717, 1.165) is 88.8 Å². The molecule has 2 heterocycles. The molecule has 0 bridgehead atoms. The molecule has 0 unspecified atom stereocenters. The first-order valence-electron chi connectivity index (χ1n) is 23.0. The lowest BCUT2D eigenvalue weighted by molar-refractivity contribution is 0.656. The third-order valence-corrected chi connectivity index (χ3v) is 15.4. The number of anilines is 6. The summed E-state index contributed by atoms with van der Waals surface area (Å²) in [5, 5.41) is 10.4. The van der Waals surface area contributed by atoms with Gasteiger partial charge in [0.2, 0.25) is 0 Å². The van der Waals surface area contributed by atoms with Crippen LogP contribution >= 0.6 is 0 Å². The van der Waals surface area contributed by atoms with E-state index in [1.165, 1.54) is 32.6 Å². The van der Waals surface area contributed by atoms with Gasteiger partial charge in [-0.1, -0.05) is 119 Å². The van der Waals surface area contributed by atoms with Crippen LogP contribution in [-0.2, 0) is 0 Å². The van der Waals surface area contributed by atoms with Crippen LogP contribution in [0.3, 0.4) is 0 Å². The van der Waals surface area contributed by atoms with Gasteiger partial charge in [-0.2, -0.15) is 0 Å². The molecular weight excluding hydrogens is 809 g/mol. The molecule has 0 N–H and O–H groups in total. The van der Waals surface area contributed by atoms with Crippen LogP contribution < -0.4 is 15.0 Å². The topological polar surface area (TPSA) is 32.8 Å². The molecule has 0 aliphatic rings. The van der Waals surface area contributed by atoms with Crippen molar-refractivity contribution in [3.05, 3.63) is 187 Å². The van der Waals surface area contributed by atoms with Crippen LogP contribution in [0.5, 0.6) is 0 Å². The molecule has 0 saturated heterocycles. The Labute approximate surface area is 382 Å². The highest BCUT2D eigenvalue weighted by Crippen LogP contribution is 2.43. The van der Waals surface area contributed by atoms with Crippen LogP contribution in [0.2, 0.25) is 19.6 Å². The summed E-state index contributed by atoms with van der Waals surface area (Å²) in [6, 6.07) is 62.8. The lowest BCUT2D eigenvalue weighted by Gasteiger charge is -2.27. The lowest BCUT2D eigenvalue weighted by atomic mass is 10.0. The third kappa shape index (κ3) is 7.34. The van der Waals surface area contributed by atoms with Gasteiger partial charge in [0.15, 0.2) is 0 Å². The quantitative estimate of drug-likeness (QED) is 0.135. The Hall–Kier alpha value is -7.08. The fourth-order valence-corrected chi connectivity index (χ4v) is 10.7. The smallest absolute Gasteiger partial charge is 0.139 e. The molecular formula is C60H54N2O2Si. The van der Waals surface area contributed by atoms with Gasteiger partial charge >= 0.3 is 0 Å². The Morgan fingerprint density at radius 3 is 1.11 bits per heavy atom. The molecule has 0 spiro atoms. The minimum atomic E-state index is -1.45. The molecule has 0 atom stereocenters. The molecule has 65 heavy (non-hydrogen) atoms. The van der Waals surface area contributed by atoms with Crippen LogP contribution in [0, 0.1) is 6.92 Å². The number of rotatable bonds is 9. The van der Waals surface area contributed by atoms with Crippen molar-refractivity contribution in [2.75, 3.05) is 9.80 Å². The first-order chi connectivity index (χ1) is 31.3. The molecule has 0 amide bonds. The Morgan fingerprint density at radius 2 is 0.708 bits per heavy atom. The maximum atomic E-state index is 6.67. The summed E-state index contributed by atoms with van der Waals surface area (Å²) in [7, 11) is -1.45. The Bertz CT molecular complexity index is 3570. The molecule has 11 rings (SSSR count). The van der Waals surface area contributed by atoms with E-state index >= 15 is 0 Å². The molecule has 320 valence electrons. The third-order valence-electron chi connectivity index (χ3n) is 13.4. The molecule has 11 aromatic rings. The van der Waals surface area contributed by atoms with Gasteiger partial charge in [-0.25, -0.2) is 0 Å². The summed E-state index contributed by atoms with van der Waals surface area (Å²) in [4.78, 5) is 4.71. The molecule has 0 radical (unpaired) electrons. The highest BCUT2D eigenvalue weighted by Gasteiger charge is 2.21. The van der Waals surface area contributed by atoms with Gasteiger partial charge in [-0.3, -0.25) is 0 Å². The van der Waals surface area contributed by atoms with Crippen LogP contribution in [-0.4, -0.2) is 8.07 Å². The Morgan fingerprint density at radius 1 is 0.354 bits per heavy atom. The van der Waals surface area contributed by atoms with E-state index in [0.29, 0.717) is 11.8 Å². The van der Waals surface area contributed by atoms with Gasteiger partial charge in [-0.15, -0.1) is 0 Å². The Balaban J connectivity index is 0.977. The van der Waals surface area contributed by atoms with E-state index in [4.69, 9.17) is 8.83 Å². The normalized spacial score (nSPS) is 12.3. The first-order valence-corrected chi connectivity index (χ1v) is 26.5. The molecule has 0 saturated carbocycles. The zero-order valence-electron chi connectivity index (χ0n) is 38.5. The lowest BCUT2D eigenvalue weighted by Crippen LogP contribution is -2.37. The second kappa shape index (κ2) is 15.6. The highest BCUT2D eigenvalue weighted by atomic mass is 28.3. The minimum absolute atomic E-state index is 0.470. The van der Waals surface area contributed by atoms with Crippen molar-refractivity contribution >= 4 is 113 Å². The summed E-state index contributed by atoms with van der Waals surface area (Å²) in [5.41, 5.74) is 14.0. The number of fused-ring (bicyclic) bond motifs is 8. The van der Waals surface area contributed by atoms with Crippen molar-refractivity contribution in [3.63, 3.8) is 0 Å². The number of hydrogen-bond acceptors (Lipinski definition) is 4. The summed E-state index contributed by atoms with van der Waals surface area (Å²) in [5.74, 6) is 0.942. The minimum Gasteiger partial charge on any atom is -0.456 e. The summed E-state index contributed by atoms with van der Waals surface area (Å²) in [6.45, 7) is 18.3. The van der Waals surface area contributed by atoms with Crippen LogP contribution in [0.15, 0.2) is 179 Å². The first kappa shape index (κ1) is 40.7. The summed E-state index contributed by atoms with van der Waals surface area (Å²) in [6.07, 6.45) is 0. The van der Waals surface area contributed by atoms with Gasteiger partial charge in [0, 0.05) is 61.7 Å². The van der Waals surface area contributed by atoms with Crippen molar-refractivity contribution in [3.8, 4) is 0 Å². The molecule has 9 aromatic carbocycles. The van der Waals surface area contributed by atoms with Crippen LogP contribution in [0.25, 0.3) is 65.4 Å². The monoisotopic (exact) mass is 862 g/mol. The van der Waals surface area contributed by atoms with E-state index in [9.17, 15) is 0 Å². The van der Waals surface area contributed by atoms with Crippen LogP contribution in [0.4, 0.5) is 34.1 Å². The van der Waals surface area contributed by atoms with Gasteiger partial charge in [0.05, 0.1) is 8.07 Å². The number of furan rings is 2. The average molecular weight is 863 g/mol. The van der Waals surface area contributed by atoms with Crippen molar-refractivity contribution in [1.29, 1.82) is 0 Å². The molecule has 0 aliphatic carbocycles. The fraction of sp³-hybridized carbons (Fsp3) is 0.167. The van der Waals surface area contributed by atoms with Crippen molar-refractivity contribution in [2.45, 2.75) is 66.1 Å². The van der Waals surface area contributed by atoms with Gasteiger partial charge < -0.3 is 18.6 Å². The fourth-order valence-electron chi connectivity index (χ4n) is 9.50. The number of hydrogen-bond donors (Lipinski definition) is 0. The molecule has 0 fully saturated rings. The van der Waals surface area contributed by atoms with E-state index in [2.05, 4.69) is 234 Å². The molecule has 5 heteroatoms. The molecule has 0 aliphatic heterocycles. The Kier molecular flexibility index (Phi) is 9.74. The van der Waals surface area contributed by atoms with Gasteiger partial charge in [0.1, 0.15) is 22.3 Å². The van der Waals surface area contributed by atoms with E-state index in [1.807, 2.05) is 0 Å². The maximum Gasteiger partial charge on any atom is 0.139 e. The van der Waals surface area contributed by atoms with Gasteiger partial charge in [-0.05, 0) is 155 Å². The standard InChI is InChI=1S/C60H54N2O2Si/c1-37(2)40-11-19-47(20-12-40)61(46-17-9-39(5)10-18-46)50-23-15-42-31-53-55-35-56-54-32-43-16-24-51(30-45(43)34-58(54)64-60(56)36-59(55)63-57(53)33-44(42)29-50)62(48-21-13-41(14-22-48)38(3)4)49-25-27-52(28-26-49)65(6,7)8/h9-38H,1-8H3. The van der Waals surface area contributed by atoms with Crippen molar-refractivity contribution in [2.24, 2.45) is 0 Å². The zero-order valence-corrected chi connectivity index (χ0v) is 39.5. The molecule has 2 aromatic heterocycles. The van der Waals surface area contributed by atoms with Crippen molar-refractivity contribution in [1.82, 2.24) is 0 Å². The average Bonchev–Trinajstić information content (AvgIpc) is 3.83. The second-order valence-corrected chi connectivity index (χ2v) is 24.7. The van der Waals surface area contributed by atoms with E-state index in [-0.39, 0.29) is 0 Å². The van der Waals surface area contributed by atoms with Gasteiger partial charge in [0.25, 0.3) is 0 Å². The predicted octanol–water partition coefficient (Wildman–Crippen LogP) is 17.8. The summed E-state index contributed by atoms with van der Waals surface area (Å²) >= 11 is 0. The number of aryl methyl sites for hydroxylation is 1. The van der Waals surface area contributed by atoms with E-state index < -0.39 is 8.07 Å². The van der Waals surface area contributed by atoms with Crippen molar-refractivity contribution < 1.29 is 8.83 Å².